The highest BCUT2D eigenvalue weighted by atomic mass is 16.2. The van der Waals surface area contributed by atoms with E-state index in [9.17, 15) is 4.79 Å². The van der Waals surface area contributed by atoms with Gasteiger partial charge >= 0.3 is 0 Å². The minimum absolute atomic E-state index is 0.237. The Morgan fingerprint density at radius 3 is 3.13 bits per heavy atom. The molecule has 1 atom stereocenters. The zero-order valence-corrected chi connectivity index (χ0v) is 8.57. The smallest absolute Gasteiger partial charge is 0.237 e. The summed E-state index contributed by atoms with van der Waals surface area (Å²) < 4.78 is 0. The maximum atomic E-state index is 11.7. The van der Waals surface area contributed by atoms with Crippen molar-refractivity contribution in [3.05, 3.63) is 35.4 Å². The minimum atomic E-state index is 0.237. The van der Waals surface area contributed by atoms with Crippen molar-refractivity contribution in [3.63, 3.8) is 0 Å². The van der Waals surface area contributed by atoms with E-state index in [0.717, 1.165) is 19.5 Å². The van der Waals surface area contributed by atoms with Crippen LogP contribution < -0.4 is 5.32 Å². The number of nitrogens with one attached hydrogen (secondary N) is 1. The highest BCUT2D eigenvalue weighted by Crippen LogP contribution is 2.30. The fourth-order valence-corrected chi connectivity index (χ4v) is 2.59. The number of nitrogens with zero attached hydrogens (tertiary/aromatic N) is 1. The summed E-state index contributed by atoms with van der Waals surface area (Å²) in [6, 6.07) is 8.71. The molecule has 0 saturated carbocycles. The molecule has 0 unspecified atom stereocenters. The number of piperazine rings is 1. The zero-order valence-electron chi connectivity index (χ0n) is 8.57. The van der Waals surface area contributed by atoms with Crippen molar-refractivity contribution >= 4 is 5.91 Å². The quantitative estimate of drug-likeness (QED) is 0.672. The van der Waals surface area contributed by atoms with Crippen LogP contribution >= 0.6 is 0 Å². The molecule has 1 fully saturated rings. The van der Waals surface area contributed by atoms with Gasteiger partial charge in [-0.1, -0.05) is 24.3 Å². The Morgan fingerprint density at radius 2 is 2.20 bits per heavy atom. The third-order valence-corrected chi connectivity index (χ3v) is 3.35. The summed E-state index contributed by atoms with van der Waals surface area (Å²) in [5.74, 6) is 0.237. The molecule has 2 heterocycles. The normalized spacial score (nSPS) is 24.7. The van der Waals surface area contributed by atoms with Crippen LogP contribution in [0.2, 0.25) is 0 Å². The minimum Gasteiger partial charge on any atom is -0.333 e. The number of carbonyl (C=O) groups is 1. The Kier molecular flexibility index (Phi) is 1.99. The first-order valence-corrected chi connectivity index (χ1v) is 5.44. The number of fused-ring (bicyclic) bond motifs is 3. The van der Waals surface area contributed by atoms with Crippen LogP contribution in [0.15, 0.2) is 24.3 Å². The van der Waals surface area contributed by atoms with Crippen molar-refractivity contribution in [2.24, 2.45) is 0 Å². The van der Waals surface area contributed by atoms with Crippen LogP contribution in [0.3, 0.4) is 0 Å². The molecule has 2 aliphatic rings. The first-order chi connectivity index (χ1) is 7.36. The number of hydrogen-bond donors (Lipinski definition) is 1. The first kappa shape index (κ1) is 8.92. The van der Waals surface area contributed by atoms with Crippen LogP contribution in [0.25, 0.3) is 0 Å². The lowest BCUT2D eigenvalue weighted by Crippen LogP contribution is -2.52. The third kappa shape index (κ3) is 1.35. The SMILES string of the molecule is O=C1CNC[C@H]2c3ccccc3CCN12. The van der Waals surface area contributed by atoms with Gasteiger partial charge in [0, 0.05) is 13.1 Å². The summed E-state index contributed by atoms with van der Waals surface area (Å²) in [4.78, 5) is 13.7. The van der Waals surface area contributed by atoms with Gasteiger partial charge in [-0.05, 0) is 17.5 Å². The molecule has 3 nitrogen and oxygen atoms in total. The highest BCUT2D eigenvalue weighted by Gasteiger charge is 2.32. The summed E-state index contributed by atoms with van der Waals surface area (Å²) in [6.45, 7) is 2.27. The van der Waals surface area contributed by atoms with Crippen molar-refractivity contribution in [1.82, 2.24) is 10.2 Å². The van der Waals surface area contributed by atoms with Crippen LogP contribution in [0.1, 0.15) is 17.2 Å². The second kappa shape index (κ2) is 3.35. The average Bonchev–Trinajstić information content (AvgIpc) is 2.29. The predicted molar refractivity (Wildman–Crippen MR) is 57.5 cm³/mol. The van der Waals surface area contributed by atoms with Gasteiger partial charge in [-0.25, -0.2) is 0 Å². The molecule has 0 radical (unpaired) electrons. The van der Waals surface area contributed by atoms with E-state index in [1.165, 1.54) is 11.1 Å². The summed E-state index contributed by atoms with van der Waals surface area (Å²) in [7, 11) is 0. The van der Waals surface area contributed by atoms with Gasteiger partial charge in [0.05, 0.1) is 12.6 Å². The lowest BCUT2D eigenvalue weighted by molar-refractivity contribution is -0.135. The van der Waals surface area contributed by atoms with Crippen LogP contribution in [0, 0.1) is 0 Å². The molecule has 0 aliphatic carbocycles. The van der Waals surface area contributed by atoms with Gasteiger partial charge in [-0.3, -0.25) is 4.79 Å². The van der Waals surface area contributed by atoms with E-state index in [1.807, 2.05) is 4.90 Å². The van der Waals surface area contributed by atoms with Crippen LogP contribution in [0.4, 0.5) is 0 Å². The van der Waals surface area contributed by atoms with E-state index in [0.29, 0.717) is 6.54 Å². The summed E-state index contributed by atoms with van der Waals surface area (Å²) >= 11 is 0. The Morgan fingerprint density at radius 1 is 1.33 bits per heavy atom. The summed E-state index contributed by atoms with van der Waals surface area (Å²) in [5, 5.41) is 3.18. The summed E-state index contributed by atoms with van der Waals surface area (Å²) in [5.41, 5.74) is 2.72. The molecule has 1 amide bonds. The number of rotatable bonds is 0. The number of benzene rings is 1. The topological polar surface area (TPSA) is 32.3 Å². The largest absolute Gasteiger partial charge is 0.333 e. The van der Waals surface area contributed by atoms with E-state index < -0.39 is 0 Å². The monoisotopic (exact) mass is 202 g/mol. The van der Waals surface area contributed by atoms with E-state index >= 15 is 0 Å². The lowest BCUT2D eigenvalue weighted by atomic mass is 9.91. The van der Waals surface area contributed by atoms with Crippen molar-refractivity contribution in [2.45, 2.75) is 12.5 Å². The van der Waals surface area contributed by atoms with Crippen molar-refractivity contribution in [3.8, 4) is 0 Å². The third-order valence-electron chi connectivity index (χ3n) is 3.35. The molecule has 2 aliphatic heterocycles. The standard InChI is InChI=1S/C12H14N2O/c15-12-8-13-7-11-10-4-2-1-3-9(10)5-6-14(11)12/h1-4,11,13H,5-8H2/t11-/m0/s1. The fraction of sp³-hybridized carbons (Fsp3) is 0.417. The van der Waals surface area contributed by atoms with Gasteiger partial charge < -0.3 is 10.2 Å². The predicted octanol–water partition coefficient (Wildman–Crippen LogP) is 0.716. The van der Waals surface area contributed by atoms with Crippen molar-refractivity contribution in [2.75, 3.05) is 19.6 Å². The van der Waals surface area contributed by atoms with Crippen LogP contribution in [0.5, 0.6) is 0 Å². The molecule has 15 heavy (non-hydrogen) atoms. The van der Waals surface area contributed by atoms with Gasteiger partial charge in [-0.15, -0.1) is 0 Å². The molecule has 1 aromatic rings. The van der Waals surface area contributed by atoms with Crippen LogP contribution in [-0.2, 0) is 11.2 Å². The first-order valence-electron chi connectivity index (χ1n) is 5.44. The van der Waals surface area contributed by atoms with E-state index in [1.54, 1.807) is 0 Å². The zero-order chi connectivity index (χ0) is 10.3. The average molecular weight is 202 g/mol. The molecule has 3 rings (SSSR count). The molecule has 78 valence electrons. The van der Waals surface area contributed by atoms with Gasteiger partial charge in [0.2, 0.25) is 5.91 Å². The van der Waals surface area contributed by atoms with Crippen LogP contribution in [-0.4, -0.2) is 30.4 Å². The maximum Gasteiger partial charge on any atom is 0.237 e. The van der Waals surface area contributed by atoms with Gasteiger partial charge in [0.1, 0.15) is 0 Å². The highest BCUT2D eigenvalue weighted by molar-refractivity contribution is 5.80. The number of carbonyl (C=O) groups excluding carboxylic acids is 1. The van der Waals surface area contributed by atoms with E-state index in [2.05, 4.69) is 29.6 Å². The van der Waals surface area contributed by atoms with Gasteiger partial charge in [0.15, 0.2) is 0 Å². The van der Waals surface area contributed by atoms with Gasteiger partial charge in [-0.2, -0.15) is 0 Å². The van der Waals surface area contributed by atoms with Crippen molar-refractivity contribution < 1.29 is 4.79 Å². The lowest BCUT2D eigenvalue weighted by Gasteiger charge is -2.40. The molecule has 1 aromatic carbocycles. The molecule has 1 saturated heterocycles. The number of amides is 1. The van der Waals surface area contributed by atoms with E-state index in [4.69, 9.17) is 0 Å². The van der Waals surface area contributed by atoms with Crippen molar-refractivity contribution in [1.29, 1.82) is 0 Å². The number of hydrogen-bond acceptors (Lipinski definition) is 2. The molecular formula is C12H14N2O. The molecule has 0 aromatic heterocycles. The van der Waals surface area contributed by atoms with Gasteiger partial charge in [0.25, 0.3) is 0 Å². The Balaban J connectivity index is 2.02. The Hall–Kier alpha value is -1.35. The summed E-state index contributed by atoms with van der Waals surface area (Å²) in [6.07, 6.45) is 0.998. The Bertz CT molecular complexity index is 402. The molecule has 0 bridgehead atoms. The second-order valence-corrected chi connectivity index (χ2v) is 4.18. The fourth-order valence-electron chi connectivity index (χ4n) is 2.59. The molecule has 0 spiro atoms. The Labute approximate surface area is 89.1 Å². The molecule has 1 N–H and O–H groups in total. The second-order valence-electron chi connectivity index (χ2n) is 4.18. The maximum absolute atomic E-state index is 11.7. The molecular weight excluding hydrogens is 188 g/mol. The molecule has 3 heteroatoms. The van der Waals surface area contributed by atoms with E-state index in [-0.39, 0.29) is 11.9 Å².